The molecule has 0 saturated heterocycles. The van der Waals surface area contributed by atoms with Crippen molar-refractivity contribution in [3.05, 3.63) is 11.1 Å². The van der Waals surface area contributed by atoms with Gasteiger partial charge in [0.25, 0.3) is 0 Å². The second-order valence-corrected chi connectivity index (χ2v) is 2.14. The smallest absolute Gasteiger partial charge is 0.351 e. The quantitative estimate of drug-likeness (QED) is 0.510. The van der Waals surface area contributed by atoms with E-state index < -0.39 is 12.3 Å². The number of esters is 1. The topological polar surface area (TPSA) is 59.3 Å². The number of nitriles is 1. The molecule has 0 spiro atoms. The number of nitrogens with zero attached hydrogens (tertiary/aromatic N) is 1. The minimum atomic E-state index is -0.669. The summed E-state index contributed by atoms with van der Waals surface area (Å²) in [6.45, 7) is 1.64. The molecule has 0 N–H and O–H groups in total. The van der Waals surface area contributed by atoms with E-state index in [1.165, 1.54) is 7.11 Å². The fourth-order valence-electron chi connectivity index (χ4n) is 0.882. The molecule has 1 unspecified atom stereocenters. The van der Waals surface area contributed by atoms with Gasteiger partial charge >= 0.3 is 5.97 Å². The van der Waals surface area contributed by atoms with Gasteiger partial charge in [-0.2, -0.15) is 5.26 Å². The van der Waals surface area contributed by atoms with Gasteiger partial charge in [-0.15, -0.1) is 0 Å². The van der Waals surface area contributed by atoms with Crippen LogP contribution in [0.15, 0.2) is 11.1 Å². The van der Waals surface area contributed by atoms with Crippen molar-refractivity contribution in [1.82, 2.24) is 0 Å². The van der Waals surface area contributed by atoms with Gasteiger partial charge in [0.15, 0.2) is 0 Å². The zero-order chi connectivity index (χ0) is 8.43. The lowest BCUT2D eigenvalue weighted by molar-refractivity contribution is -0.155. The lowest BCUT2D eigenvalue weighted by Gasteiger charge is -2.06. The van der Waals surface area contributed by atoms with Crippen molar-refractivity contribution in [2.45, 2.75) is 13.2 Å². The summed E-state index contributed by atoms with van der Waals surface area (Å²) in [5.41, 5.74) is 0.594. The van der Waals surface area contributed by atoms with E-state index in [9.17, 15) is 4.79 Å². The van der Waals surface area contributed by atoms with E-state index in [1.54, 1.807) is 13.0 Å². The Morgan fingerprint density at radius 2 is 2.36 bits per heavy atom. The van der Waals surface area contributed by atoms with Gasteiger partial charge in [0.2, 0.25) is 6.29 Å². The third kappa shape index (κ3) is 1.10. The highest BCUT2D eigenvalue weighted by molar-refractivity contribution is 5.96. The van der Waals surface area contributed by atoms with Gasteiger partial charge in [0.05, 0.1) is 0 Å². The molecule has 0 bridgehead atoms. The van der Waals surface area contributed by atoms with Gasteiger partial charge < -0.3 is 9.47 Å². The van der Waals surface area contributed by atoms with Crippen LogP contribution in [0.1, 0.15) is 6.92 Å². The van der Waals surface area contributed by atoms with Crippen molar-refractivity contribution in [3.8, 4) is 6.07 Å². The van der Waals surface area contributed by atoms with Crippen molar-refractivity contribution in [3.63, 3.8) is 0 Å². The number of hydrogen-bond acceptors (Lipinski definition) is 4. The van der Waals surface area contributed by atoms with E-state index >= 15 is 0 Å². The SMILES string of the molecule is COC1OC(=O)C(C#N)=C1C. The molecular formula is C7H7NO3. The minimum absolute atomic E-state index is 0.0526. The monoisotopic (exact) mass is 153 g/mol. The first-order valence-corrected chi connectivity index (χ1v) is 3.05. The Morgan fingerprint density at radius 3 is 2.64 bits per heavy atom. The standard InChI is InChI=1S/C7H7NO3/c1-4-5(3-8)6(9)11-7(4)10-2/h7H,1-2H3. The Morgan fingerprint density at radius 1 is 1.73 bits per heavy atom. The Labute approximate surface area is 64.0 Å². The molecule has 1 aliphatic rings. The predicted molar refractivity (Wildman–Crippen MR) is 35.2 cm³/mol. The summed E-state index contributed by atoms with van der Waals surface area (Å²) in [4.78, 5) is 10.8. The molecule has 0 aromatic rings. The Balaban J connectivity index is 2.97. The van der Waals surface area contributed by atoms with Crippen LogP contribution in [0.25, 0.3) is 0 Å². The van der Waals surface area contributed by atoms with Crippen molar-refractivity contribution >= 4 is 5.97 Å². The van der Waals surface area contributed by atoms with Crippen LogP contribution in [0.2, 0.25) is 0 Å². The van der Waals surface area contributed by atoms with Gasteiger partial charge in [-0.1, -0.05) is 0 Å². The van der Waals surface area contributed by atoms with Gasteiger partial charge in [-0.25, -0.2) is 4.79 Å². The number of ether oxygens (including phenoxy) is 2. The summed E-state index contributed by atoms with van der Waals surface area (Å²) in [6.07, 6.45) is -0.669. The molecule has 11 heavy (non-hydrogen) atoms. The maximum atomic E-state index is 10.8. The largest absolute Gasteiger partial charge is 0.427 e. The molecule has 0 amide bonds. The van der Waals surface area contributed by atoms with E-state index in [-0.39, 0.29) is 5.57 Å². The van der Waals surface area contributed by atoms with E-state index in [0.29, 0.717) is 5.57 Å². The number of rotatable bonds is 1. The summed E-state index contributed by atoms with van der Waals surface area (Å²) < 4.78 is 9.44. The predicted octanol–water partition coefficient (Wildman–Crippen LogP) is 0.356. The maximum absolute atomic E-state index is 10.8. The van der Waals surface area contributed by atoms with E-state index in [1.807, 2.05) is 0 Å². The number of cyclic esters (lactones) is 1. The molecule has 0 saturated carbocycles. The third-order valence-electron chi connectivity index (χ3n) is 1.49. The van der Waals surface area contributed by atoms with Crippen molar-refractivity contribution in [2.75, 3.05) is 7.11 Å². The average Bonchev–Trinajstić information content (AvgIpc) is 2.26. The molecule has 1 aliphatic heterocycles. The Bertz CT molecular complexity index is 261. The van der Waals surface area contributed by atoms with Crippen LogP contribution in [0.4, 0.5) is 0 Å². The van der Waals surface area contributed by atoms with Crippen LogP contribution in [0.3, 0.4) is 0 Å². The van der Waals surface area contributed by atoms with Crippen molar-refractivity contribution in [2.24, 2.45) is 0 Å². The van der Waals surface area contributed by atoms with Crippen molar-refractivity contribution in [1.29, 1.82) is 5.26 Å². The molecule has 0 fully saturated rings. The van der Waals surface area contributed by atoms with Gasteiger partial charge in [-0.3, -0.25) is 0 Å². The number of carbonyl (C=O) groups is 1. The van der Waals surface area contributed by atoms with Crippen LogP contribution in [0, 0.1) is 11.3 Å². The number of methoxy groups -OCH3 is 1. The molecule has 4 nitrogen and oxygen atoms in total. The lowest BCUT2D eigenvalue weighted by Crippen LogP contribution is -2.12. The van der Waals surface area contributed by atoms with Crippen LogP contribution in [0.5, 0.6) is 0 Å². The second kappa shape index (κ2) is 2.72. The molecule has 0 aromatic heterocycles. The fourth-order valence-corrected chi connectivity index (χ4v) is 0.882. The lowest BCUT2D eigenvalue weighted by atomic mass is 10.2. The first-order chi connectivity index (χ1) is 5.20. The summed E-state index contributed by atoms with van der Waals surface area (Å²) >= 11 is 0. The van der Waals surface area contributed by atoms with Crippen LogP contribution >= 0.6 is 0 Å². The molecule has 4 heteroatoms. The zero-order valence-corrected chi connectivity index (χ0v) is 6.25. The summed E-state index contributed by atoms with van der Waals surface area (Å²) in [7, 11) is 1.42. The van der Waals surface area contributed by atoms with Crippen LogP contribution in [-0.2, 0) is 14.3 Å². The molecule has 0 aromatic carbocycles. The van der Waals surface area contributed by atoms with Crippen molar-refractivity contribution < 1.29 is 14.3 Å². The number of carbonyl (C=O) groups excluding carboxylic acids is 1. The average molecular weight is 153 g/mol. The number of hydrogen-bond donors (Lipinski definition) is 0. The summed E-state index contributed by atoms with van der Waals surface area (Å²) in [6, 6.07) is 1.75. The summed E-state index contributed by atoms with van der Waals surface area (Å²) in [5, 5.41) is 8.46. The molecule has 1 heterocycles. The van der Waals surface area contributed by atoms with E-state index in [0.717, 1.165) is 0 Å². The first kappa shape index (κ1) is 7.76. The van der Waals surface area contributed by atoms with Gasteiger partial charge in [-0.05, 0) is 6.92 Å². The first-order valence-electron chi connectivity index (χ1n) is 3.05. The zero-order valence-electron chi connectivity index (χ0n) is 6.25. The second-order valence-electron chi connectivity index (χ2n) is 2.14. The molecule has 1 rings (SSSR count). The molecule has 1 atom stereocenters. The fraction of sp³-hybridized carbons (Fsp3) is 0.429. The summed E-state index contributed by atoms with van der Waals surface area (Å²) in [5.74, 6) is -0.600. The van der Waals surface area contributed by atoms with Gasteiger partial charge in [0, 0.05) is 12.7 Å². The Kier molecular flexibility index (Phi) is 1.92. The van der Waals surface area contributed by atoms with Crippen LogP contribution < -0.4 is 0 Å². The Hall–Kier alpha value is -1.34. The maximum Gasteiger partial charge on any atom is 0.351 e. The molecule has 0 aliphatic carbocycles. The highest BCUT2D eigenvalue weighted by atomic mass is 16.7. The third-order valence-corrected chi connectivity index (χ3v) is 1.49. The van der Waals surface area contributed by atoms with E-state index in [4.69, 9.17) is 10.00 Å². The molecule has 0 radical (unpaired) electrons. The highest BCUT2D eigenvalue weighted by Gasteiger charge is 2.30. The highest BCUT2D eigenvalue weighted by Crippen LogP contribution is 2.21. The minimum Gasteiger partial charge on any atom is -0.427 e. The van der Waals surface area contributed by atoms with Gasteiger partial charge in [0.1, 0.15) is 11.6 Å². The normalized spacial score (nSPS) is 23.4. The molecular weight excluding hydrogens is 146 g/mol. The van der Waals surface area contributed by atoms with E-state index in [2.05, 4.69) is 4.74 Å². The van der Waals surface area contributed by atoms with Crippen LogP contribution in [-0.4, -0.2) is 19.4 Å². The molecule has 58 valence electrons.